The van der Waals surface area contributed by atoms with Gasteiger partial charge in [-0.05, 0) is 25.0 Å². The second-order valence-electron chi connectivity index (χ2n) is 5.93. The van der Waals surface area contributed by atoms with Gasteiger partial charge in [0.1, 0.15) is 6.54 Å². The van der Waals surface area contributed by atoms with E-state index in [2.05, 4.69) is 10.2 Å². The number of hydrogen-bond acceptors (Lipinski definition) is 5. The molecule has 0 bridgehead atoms. The number of rotatable bonds is 5. The van der Waals surface area contributed by atoms with Crippen LogP contribution in [0.3, 0.4) is 0 Å². The fourth-order valence-electron chi connectivity index (χ4n) is 2.58. The molecular weight excluding hydrogens is 353 g/mol. The van der Waals surface area contributed by atoms with Crippen LogP contribution in [0, 0.1) is 0 Å². The third-order valence-electron chi connectivity index (χ3n) is 3.85. The van der Waals surface area contributed by atoms with E-state index >= 15 is 0 Å². The van der Waals surface area contributed by atoms with Crippen molar-refractivity contribution in [1.82, 2.24) is 10.6 Å². The minimum absolute atomic E-state index is 0.271. The summed E-state index contributed by atoms with van der Waals surface area (Å²) in [5, 5.41) is 15.9. The summed E-state index contributed by atoms with van der Waals surface area (Å²) in [5.41, 5.74) is 1.52. The maximum Gasteiger partial charge on any atom is 0.405 e. The number of alkyl halides is 3. The van der Waals surface area contributed by atoms with Gasteiger partial charge in [0.25, 0.3) is 0 Å². The number of carbonyl (C=O) groups excluding carboxylic acids is 2. The fraction of sp³-hybridized carbons (Fsp3) is 0.500. The lowest BCUT2D eigenvalue weighted by atomic mass is 10.1. The number of nitrogens with one attached hydrogen (secondary N) is 3. The Morgan fingerprint density at radius 2 is 1.85 bits per heavy atom. The molecule has 26 heavy (non-hydrogen) atoms. The van der Waals surface area contributed by atoms with Crippen LogP contribution in [0.2, 0.25) is 0 Å². The molecule has 0 spiro atoms. The minimum atomic E-state index is -4.54. The lowest BCUT2D eigenvalue weighted by Gasteiger charge is -2.32. The van der Waals surface area contributed by atoms with E-state index in [9.17, 15) is 27.9 Å². The number of piperidine rings is 1. The second kappa shape index (κ2) is 8.75. The van der Waals surface area contributed by atoms with E-state index < -0.39 is 24.7 Å². The molecule has 1 heterocycles. The molecule has 1 aliphatic heterocycles. The number of anilines is 2. The summed E-state index contributed by atoms with van der Waals surface area (Å²) in [4.78, 5) is 25.0. The summed E-state index contributed by atoms with van der Waals surface area (Å²) in [6.45, 7) is -0.437. The number of amides is 3. The van der Waals surface area contributed by atoms with Gasteiger partial charge in [0.05, 0.1) is 24.0 Å². The van der Waals surface area contributed by atoms with E-state index in [-0.39, 0.29) is 12.6 Å². The maximum atomic E-state index is 12.0. The zero-order valence-electron chi connectivity index (χ0n) is 14.0. The highest BCUT2D eigenvalue weighted by atomic mass is 19.4. The lowest BCUT2D eigenvalue weighted by Crippen LogP contribution is -2.45. The van der Waals surface area contributed by atoms with Crippen LogP contribution in [0.5, 0.6) is 0 Å². The molecule has 1 aromatic rings. The number of carbonyl (C=O) groups is 2. The van der Waals surface area contributed by atoms with E-state index in [0.717, 1.165) is 5.69 Å². The quantitative estimate of drug-likeness (QED) is 0.626. The van der Waals surface area contributed by atoms with Gasteiger partial charge >= 0.3 is 12.2 Å². The molecular formula is C16H21F3N4O3. The van der Waals surface area contributed by atoms with Crippen LogP contribution in [0.1, 0.15) is 12.8 Å². The standard InChI is InChI=1S/C16H21F3N4O3/c17-16(18,19)10-21-15(26)22-14(25)9-20-12-3-1-2-4-13(12)23-7-5-11(24)6-8-23/h1-4,11,20,24H,5-10H2,(H2,21,22,25,26). The Labute approximate surface area is 148 Å². The Kier molecular flexibility index (Phi) is 6.67. The van der Waals surface area contributed by atoms with Gasteiger partial charge in [-0.3, -0.25) is 10.1 Å². The van der Waals surface area contributed by atoms with Gasteiger partial charge in [-0.2, -0.15) is 13.2 Å². The van der Waals surface area contributed by atoms with E-state index in [4.69, 9.17) is 0 Å². The van der Waals surface area contributed by atoms with Gasteiger partial charge in [-0.1, -0.05) is 12.1 Å². The summed E-state index contributed by atoms with van der Waals surface area (Å²) in [6, 6.07) is 6.05. The van der Waals surface area contributed by atoms with Crippen LogP contribution in [-0.2, 0) is 4.79 Å². The molecule has 0 atom stereocenters. The summed E-state index contributed by atoms with van der Waals surface area (Å²) in [6.07, 6.45) is -3.56. The zero-order valence-corrected chi connectivity index (χ0v) is 14.0. The molecule has 0 unspecified atom stereocenters. The second-order valence-corrected chi connectivity index (χ2v) is 5.93. The monoisotopic (exact) mass is 374 g/mol. The summed E-state index contributed by atoms with van der Waals surface area (Å²) in [7, 11) is 0. The molecule has 7 nitrogen and oxygen atoms in total. The Morgan fingerprint density at radius 1 is 1.19 bits per heavy atom. The molecule has 1 aliphatic rings. The van der Waals surface area contributed by atoms with Gasteiger partial charge in [0.15, 0.2) is 0 Å². The van der Waals surface area contributed by atoms with E-state index in [1.807, 2.05) is 17.4 Å². The number of urea groups is 1. The first kappa shape index (κ1) is 19.8. The average Bonchev–Trinajstić information content (AvgIpc) is 2.59. The van der Waals surface area contributed by atoms with Crippen LogP contribution < -0.4 is 20.9 Å². The summed E-state index contributed by atoms with van der Waals surface area (Å²) >= 11 is 0. The molecule has 3 amide bonds. The number of aliphatic hydroxyl groups is 1. The number of hydrogen-bond donors (Lipinski definition) is 4. The predicted molar refractivity (Wildman–Crippen MR) is 90.0 cm³/mol. The van der Waals surface area contributed by atoms with E-state index in [1.54, 1.807) is 17.4 Å². The first-order chi connectivity index (χ1) is 12.2. The molecule has 144 valence electrons. The molecule has 10 heteroatoms. The molecule has 1 aromatic carbocycles. The molecule has 0 radical (unpaired) electrons. The summed E-state index contributed by atoms with van der Waals surface area (Å²) in [5.74, 6) is -0.756. The molecule has 0 saturated carbocycles. The Balaban J connectivity index is 1.85. The Morgan fingerprint density at radius 3 is 2.50 bits per heavy atom. The first-order valence-corrected chi connectivity index (χ1v) is 8.15. The number of aliphatic hydroxyl groups excluding tert-OH is 1. The number of imide groups is 1. The SMILES string of the molecule is O=C(CNc1ccccc1N1CCC(O)CC1)NC(=O)NCC(F)(F)F. The van der Waals surface area contributed by atoms with E-state index in [0.29, 0.717) is 31.6 Å². The first-order valence-electron chi connectivity index (χ1n) is 8.15. The smallest absolute Gasteiger partial charge is 0.393 e. The van der Waals surface area contributed by atoms with Gasteiger partial charge < -0.3 is 20.6 Å². The fourth-order valence-corrected chi connectivity index (χ4v) is 2.58. The third-order valence-corrected chi connectivity index (χ3v) is 3.85. The van der Waals surface area contributed by atoms with Gasteiger partial charge in [0, 0.05) is 13.1 Å². The van der Waals surface area contributed by atoms with E-state index in [1.165, 1.54) is 0 Å². The molecule has 0 aromatic heterocycles. The number of nitrogens with zero attached hydrogens (tertiary/aromatic N) is 1. The average molecular weight is 374 g/mol. The predicted octanol–water partition coefficient (Wildman–Crippen LogP) is 1.45. The molecule has 1 fully saturated rings. The van der Waals surface area contributed by atoms with Crippen LogP contribution in [0.25, 0.3) is 0 Å². The molecule has 0 aliphatic carbocycles. The normalized spacial score (nSPS) is 15.5. The van der Waals surface area contributed by atoms with Crippen molar-refractivity contribution in [2.24, 2.45) is 0 Å². The van der Waals surface area contributed by atoms with Crippen molar-refractivity contribution >= 4 is 23.3 Å². The molecule has 1 saturated heterocycles. The summed E-state index contributed by atoms with van der Waals surface area (Å²) < 4.78 is 36.0. The van der Waals surface area contributed by atoms with Crippen molar-refractivity contribution in [3.05, 3.63) is 24.3 Å². The maximum absolute atomic E-state index is 12.0. The van der Waals surface area contributed by atoms with Crippen molar-refractivity contribution in [2.45, 2.75) is 25.1 Å². The van der Waals surface area contributed by atoms with Crippen molar-refractivity contribution in [3.63, 3.8) is 0 Å². The highest BCUT2D eigenvalue weighted by molar-refractivity contribution is 5.96. The lowest BCUT2D eigenvalue weighted by molar-refractivity contribution is -0.124. The zero-order chi connectivity index (χ0) is 19.2. The van der Waals surface area contributed by atoms with Crippen molar-refractivity contribution < 1.29 is 27.9 Å². The Hall–Kier alpha value is -2.49. The van der Waals surface area contributed by atoms with Gasteiger partial charge in [0.2, 0.25) is 5.91 Å². The molecule has 4 N–H and O–H groups in total. The topological polar surface area (TPSA) is 93.7 Å². The Bertz CT molecular complexity index is 631. The molecule has 2 rings (SSSR count). The van der Waals surface area contributed by atoms with Crippen molar-refractivity contribution in [3.8, 4) is 0 Å². The highest BCUT2D eigenvalue weighted by Gasteiger charge is 2.28. The van der Waals surface area contributed by atoms with Crippen LogP contribution in [0.4, 0.5) is 29.3 Å². The minimum Gasteiger partial charge on any atom is -0.393 e. The van der Waals surface area contributed by atoms with Gasteiger partial charge in [-0.15, -0.1) is 0 Å². The third kappa shape index (κ3) is 6.43. The number of benzene rings is 1. The van der Waals surface area contributed by atoms with Crippen molar-refractivity contribution in [1.29, 1.82) is 0 Å². The number of halogens is 3. The van der Waals surface area contributed by atoms with Crippen LogP contribution in [-0.4, -0.2) is 55.5 Å². The van der Waals surface area contributed by atoms with Crippen LogP contribution in [0.15, 0.2) is 24.3 Å². The van der Waals surface area contributed by atoms with Crippen molar-refractivity contribution in [2.75, 3.05) is 36.4 Å². The van der Waals surface area contributed by atoms with Crippen LogP contribution >= 0.6 is 0 Å². The highest BCUT2D eigenvalue weighted by Crippen LogP contribution is 2.28. The number of para-hydroxylation sites is 2. The largest absolute Gasteiger partial charge is 0.405 e. The van der Waals surface area contributed by atoms with Gasteiger partial charge in [-0.25, -0.2) is 4.79 Å².